The van der Waals surface area contributed by atoms with Gasteiger partial charge in [0.05, 0.1) is 33.0 Å². The first kappa shape index (κ1) is 21.3. The standard InChI is InChI=1S/C19H30N2O6/c1-3-26-19(23)21-9-7-20(8-10-21)14-16(22)15-25-11-12-27-18-6-4-5-17(13-18)24-2/h4-6,13,16,22H,3,7-12,14-15H2,1-2H3. The molecule has 152 valence electrons. The van der Waals surface area contributed by atoms with E-state index in [0.717, 1.165) is 24.6 Å². The summed E-state index contributed by atoms with van der Waals surface area (Å²) in [7, 11) is 1.61. The Morgan fingerprint density at radius 3 is 2.63 bits per heavy atom. The number of methoxy groups -OCH3 is 1. The molecule has 1 unspecified atom stereocenters. The van der Waals surface area contributed by atoms with Crippen LogP contribution in [0.1, 0.15) is 6.92 Å². The van der Waals surface area contributed by atoms with Crippen molar-refractivity contribution in [1.29, 1.82) is 0 Å². The normalized spacial score (nSPS) is 16.0. The van der Waals surface area contributed by atoms with Gasteiger partial charge in [0.25, 0.3) is 0 Å². The van der Waals surface area contributed by atoms with Gasteiger partial charge in [-0.1, -0.05) is 6.07 Å². The van der Waals surface area contributed by atoms with Crippen LogP contribution in [0.5, 0.6) is 11.5 Å². The van der Waals surface area contributed by atoms with Crippen LogP contribution in [0.3, 0.4) is 0 Å². The molecular formula is C19H30N2O6. The number of nitrogens with zero attached hydrogens (tertiary/aromatic N) is 2. The zero-order valence-corrected chi connectivity index (χ0v) is 16.1. The first-order valence-electron chi connectivity index (χ1n) is 9.29. The van der Waals surface area contributed by atoms with Crippen LogP contribution in [-0.4, -0.2) is 93.4 Å². The number of aliphatic hydroxyl groups is 1. The fraction of sp³-hybridized carbons (Fsp3) is 0.632. The predicted molar refractivity (Wildman–Crippen MR) is 100 cm³/mol. The topological polar surface area (TPSA) is 80.7 Å². The van der Waals surface area contributed by atoms with Crippen LogP contribution in [0.25, 0.3) is 0 Å². The Bertz CT molecular complexity index is 563. The summed E-state index contributed by atoms with van der Waals surface area (Å²) in [4.78, 5) is 15.5. The first-order valence-corrected chi connectivity index (χ1v) is 9.29. The van der Waals surface area contributed by atoms with Gasteiger partial charge in [0.15, 0.2) is 0 Å². The Kier molecular flexibility index (Phi) is 9.17. The highest BCUT2D eigenvalue weighted by atomic mass is 16.6. The maximum absolute atomic E-state index is 11.7. The van der Waals surface area contributed by atoms with E-state index in [1.165, 1.54) is 0 Å². The lowest BCUT2D eigenvalue weighted by Gasteiger charge is -2.34. The van der Waals surface area contributed by atoms with Gasteiger partial charge in [-0.2, -0.15) is 0 Å². The summed E-state index contributed by atoms with van der Waals surface area (Å²) in [5.74, 6) is 1.46. The molecule has 1 heterocycles. The van der Waals surface area contributed by atoms with E-state index in [-0.39, 0.29) is 12.7 Å². The molecule has 0 saturated carbocycles. The lowest BCUT2D eigenvalue weighted by molar-refractivity contribution is -0.000101. The molecule has 1 aromatic carbocycles. The van der Waals surface area contributed by atoms with Crippen molar-refractivity contribution in [3.8, 4) is 11.5 Å². The minimum Gasteiger partial charge on any atom is -0.497 e. The van der Waals surface area contributed by atoms with Crippen molar-refractivity contribution in [3.63, 3.8) is 0 Å². The molecule has 0 aromatic heterocycles. The number of hydrogen-bond acceptors (Lipinski definition) is 7. The second kappa shape index (κ2) is 11.6. The van der Waals surface area contributed by atoms with Crippen LogP contribution in [0, 0.1) is 0 Å². The number of piperazine rings is 1. The molecule has 27 heavy (non-hydrogen) atoms. The fourth-order valence-corrected chi connectivity index (χ4v) is 2.81. The summed E-state index contributed by atoms with van der Waals surface area (Å²) in [5, 5.41) is 10.1. The number of benzene rings is 1. The molecule has 2 rings (SSSR count). The quantitative estimate of drug-likeness (QED) is 0.610. The van der Waals surface area contributed by atoms with E-state index < -0.39 is 6.10 Å². The number of rotatable bonds is 10. The summed E-state index contributed by atoms with van der Waals surface area (Å²) in [6, 6.07) is 7.38. The molecule has 0 bridgehead atoms. The van der Waals surface area contributed by atoms with Crippen LogP contribution in [0.2, 0.25) is 0 Å². The van der Waals surface area contributed by atoms with Gasteiger partial charge >= 0.3 is 6.09 Å². The van der Waals surface area contributed by atoms with E-state index in [1.54, 1.807) is 18.9 Å². The predicted octanol–water partition coefficient (Wildman–Crippen LogP) is 1.23. The molecule has 1 N–H and O–H groups in total. The van der Waals surface area contributed by atoms with Crippen molar-refractivity contribution >= 4 is 6.09 Å². The van der Waals surface area contributed by atoms with Gasteiger partial charge in [-0.15, -0.1) is 0 Å². The number of carbonyl (C=O) groups excluding carboxylic acids is 1. The average Bonchev–Trinajstić information content (AvgIpc) is 2.68. The molecular weight excluding hydrogens is 352 g/mol. The van der Waals surface area contributed by atoms with Crippen molar-refractivity contribution in [2.75, 3.05) is 66.3 Å². The van der Waals surface area contributed by atoms with Gasteiger partial charge in [0.1, 0.15) is 18.1 Å². The number of hydrogen-bond donors (Lipinski definition) is 1. The summed E-state index contributed by atoms with van der Waals surface area (Å²) >= 11 is 0. The molecule has 1 aliphatic rings. The van der Waals surface area contributed by atoms with Crippen molar-refractivity contribution in [2.45, 2.75) is 13.0 Å². The third kappa shape index (κ3) is 7.62. The number of β-amino-alcohol motifs (C(OH)–C–C–N with tert-alkyl or cyclic N) is 1. The maximum atomic E-state index is 11.7. The third-order valence-electron chi connectivity index (χ3n) is 4.22. The van der Waals surface area contributed by atoms with E-state index in [1.807, 2.05) is 24.3 Å². The molecule has 8 nitrogen and oxygen atoms in total. The Morgan fingerprint density at radius 1 is 1.19 bits per heavy atom. The van der Waals surface area contributed by atoms with Crippen LogP contribution in [0.4, 0.5) is 4.79 Å². The lowest BCUT2D eigenvalue weighted by atomic mass is 10.3. The zero-order chi connectivity index (χ0) is 19.5. The summed E-state index contributed by atoms with van der Waals surface area (Å²) in [5.41, 5.74) is 0. The Hall–Kier alpha value is -2.03. The summed E-state index contributed by atoms with van der Waals surface area (Å²) in [6.45, 7) is 6.41. The monoisotopic (exact) mass is 382 g/mol. The average molecular weight is 382 g/mol. The van der Waals surface area contributed by atoms with Gasteiger partial charge in [-0.05, 0) is 19.1 Å². The van der Waals surface area contributed by atoms with Gasteiger partial charge in [0.2, 0.25) is 0 Å². The Balaban J connectivity index is 1.55. The molecule has 0 spiro atoms. The second-order valence-corrected chi connectivity index (χ2v) is 6.24. The van der Waals surface area contributed by atoms with Crippen molar-refractivity contribution in [1.82, 2.24) is 9.80 Å². The molecule has 1 atom stereocenters. The number of carbonyl (C=O) groups is 1. The van der Waals surface area contributed by atoms with Gasteiger partial charge in [-0.25, -0.2) is 4.79 Å². The van der Waals surface area contributed by atoms with Crippen LogP contribution >= 0.6 is 0 Å². The number of aliphatic hydroxyl groups excluding tert-OH is 1. The smallest absolute Gasteiger partial charge is 0.409 e. The van der Waals surface area contributed by atoms with Crippen molar-refractivity contribution < 1.29 is 28.8 Å². The highest BCUT2D eigenvalue weighted by Gasteiger charge is 2.23. The summed E-state index contributed by atoms with van der Waals surface area (Å²) < 4.78 is 21.2. The number of ether oxygens (including phenoxy) is 4. The largest absolute Gasteiger partial charge is 0.497 e. The zero-order valence-electron chi connectivity index (χ0n) is 16.1. The molecule has 0 aliphatic carbocycles. The van der Waals surface area contributed by atoms with E-state index >= 15 is 0 Å². The minimum absolute atomic E-state index is 0.250. The molecule has 1 aromatic rings. The van der Waals surface area contributed by atoms with Gasteiger partial charge < -0.3 is 29.0 Å². The molecule has 1 amide bonds. The molecule has 1 aliphatic heterocycles. The van der Waals surface area contributed by atoms with E-state index in [2.05, 4.69) is 4.90 Å². The maximum Gasteiger partial charge on any atom is 0.409 e. The minimum atomic E-state index is -0.573. The second-order valence-electron chi connectivity index (χ2n) is 6.24. The first-order chi connectivity index (χ1) is 13.1. The van der Waals surface area contributed by atoms with Gasteiger partial charge in [0, 0.05) is 38.8 Å². The lowest BCUT2D eigenvalue weighted by Crippen LogP contribution is -2.51. The van der Waals surface area contributed by atoms with Crippen LogP contribution in [0.15, 0.2) is 24.3 Å². The molecule has 1 saturated heterocycles. The highest BCUT2D eigenvalue weighted by Crippen LogP contribution is 2.18. The van der Waals surface area contributed by atoms with E-state index in [0.29, 0.717) is 39.5 Å². The Labute approximate surface area is 160 Å². The Morgan fingerprint density at radius 2 is 1.93 bits per heavy atom. The van der Waals surface area contributed by atoms with E-state index in [4.69, 9.17) is 18.9 Å². The van der Waals surface area contributed by atoms with Crippen molar-refractivity contribution in [2.24, 2.45) is 0 Å². The molecule has 1 fully saturated rings. The molecule has 8 heteroatoms. The highest BCUT2D eigenvalue weighted by molar-refractivity contribution is 5.67. The van der Waals surface area contributed by atoms with Crippen LogP contribution in [-0.2, 0) is 9.47 Å². The SMILES string of the molecule is CCOC(=O)N1CCN(CC(O)COCCOc2cccc(OC)c2)CC1. The fourth-order valence-electron chi connectivity index (χ4n) is 2.81. The molecule has 0 radical (unpaired) electrons. The van der Waals surface area contributed by atoms with Crippen LogP contribution < -0.4 is 9.47 Å². The van der Waals surface area contributed by atoms with Gasteiger partial charge in [-0.3, -0.25) is 4.90 Å². The summed E-state index contributed by atoms with van der Waals surface area (Å²) in [6.07, 6.45) is -0.840. The number of amides is 1. The van der Waals surface area contributed by atoms with Crippen molar-refractivity contribution in [3.05, 3.63) is 24.3 Å². The third-order valence-corrected chi connectivity index (χ3v) is 4.22. The van der Waals surface area contributed by atoms with E-state index in [9.17, 15) is 9.90 Å².